The summed E-state index contributed by atoms with van der Waals surface area (Å²) in [7, 11) is 0. The maximum absolute atomic E-state index is 12.1. The minimum Gasteiger partial charge on any atom is -0.486 e. The molecule has 1 saturated carbocycles. The topological polar surface area (TPSA) is 47.6 Å². The van der Waals surface area contributed by atoms with Crippen molar-refractivity contribution in [2.45, 2.75) is 24.6 Å². The number of rotatable bonds is 3. The number of halogens is 1. The highest BCUT2D eigenvalue weighted by molar-refractivity contribution is 6.20. The number of hydrogen-bond donors (Lipinski definition) is 1. The lowest BCUT2D eigenvalue weighted by Gasteiger charge is -2.19. The third-order valence-electron chi connectivity index (χ3n) is 3.83. The van der Waals surface area contributed by atoms with Crippen LogP contribution in [0.3, 0.4) is 0 Å². The molecule has 0 radical (unpaired) electrons. The van der Waals surface area contributed by atoms with Crippen LogP contribution in [0, 0.1) is 5.92 Å². The lowest BCUT2D eigenvalue weighted by atomic mass is 10.1. The Bertz CT molecular complexity index is 506. The van der Waals surface area contributed by atoms with E-state index in [0.29, 0.717) is 42.7 Å². The molecule has 1 aliphatic heterocycles. The van der Waals surface area contributed by atoms with E-state index < -0.39 is 0 Å². The highest BCUT2D eigenvalue weighted by atomic mass is 35.5. The molecule has 0 bridgehead atoms. The molecule has 5 heteroatoms. The van der Waals surface area contributed by atoms with Crippen LogP contribution in [-0.2, 0) is 0 Å². The van der Waals surface area contributed by atoms with Crippen LogP contribution in [0.1, 0.15) is 29.6 Å². The second-order valence-corrected chi connectivity index (χ2v) is 5.96. The monoisotopic (exact) mass is 295 g/mol. The van der Waals surface area contributed by atoms with Crippen LogP contribution in [0.2, 0.25) is 0 Å². The van der Waals surface area contributed by atoms with Gasteiger partial charge in [0.25, 0.3) is 5.91 Å². The normalized spacial score (nSPS) is 24.4. The molecule has 1 aromatic carbocycles. The molecule has 108 valence electrons. The summed E-state index contributed by atoms with van der Waals surface area (Å²) in [6, 6.07) is 5.29. The number of amides is 1. The van der Waals surface area contributed by atoms with Crippen molar-refractivity contribution in [2.24, 2.45) is 5.92 Å². The van der Waals surface area contributed by atoms with Crippen molar-refractivity contribution in [3.63, 3.8) is 0 Å². The number of carbonyl (C=O) groups is 1. The molecule has 1 aliphatic carbocycles. The largest absolute Gasteiger partial charge is 0.486 e. The molecule has 2 atom stereocenters. The first-order valence-electron chi connectivity index (χ1n) is 7.04. The molecule has 1 fully saturated rings. The molecular weight excluding hydrogens is 278 g/mol. The predicted molar refractivity (Wildman–Crippen MR) is 76.7 cm³/mol. The first kappa shape index (κ1) is 13.6. The second-order valence-electron chi connectivity index (χ2n) is 5.34. The first-order chi connectivity index (χ1) is 9.72. The van der Waals surface area contributed by atoms with Gasteiger partial charge in [0.05, 0.1) is 0 Å². The summed E-state index contributed by atoms with van der Waals surface area (Å²) >= 11 is 6.08. The zero-order valence-electron chi connectivity index (χ0n) is 11.2. The van der Waals surface area contributed by atoms with Crippen molar-refractivity contribution in [3.05, 3.63) is 23.8 Å². The van der Waals surface area contributed by atoms with Gasteiger partial charge in [0.1, 0.15) is 13.2 Å². The van der Waals surface area contributed by atoms with Crippen molar-refractivity contribution >= 4 is 17.5 Å². The van der Waals surface area contributed by atoms with E-state index >= 15 is 0 Å². The van der Waals surface area contributed by atoms with Crippen molar-refractivity contribution < 1.29 is 14.3 Å². The van der Waals surface area contributed by atoms with E-state index in [-0.39, 0.29) is 11.3 Å². The Hall–Kier alpha value is -1.42. The molecule has 1 heterocycles. The van der Waals surface area contributed by atoms with Crippen LogP contribution in [0.25, 0.3) is 0 Å². The summed E-state index contributed by atoms with van der Waals surface area (Å²) in [6.45, 7) is 1.77. The summed E-state index contributed by atoms with van der Waals surface area (Å²) in [5.74, 6) is 1.78. The van der Waals surface area contributed by atoms with Gasteiger partial charge in [-0.15, -0.1) is 11.6 Å². The van der Waals surface area contributed by atoms with Gasteiger partial charge in [0.2, 0.25) is 0 Å². The number of hydrogen-bond acceptors (Lipinski definition) is 3. The van der Waals surface area contributed by atoms with E-state index in [1.54, 1.807) is 18.2 Å². The Morgan fingerprint density at radius 3 is 2.80 bits per heavy atom. The molecule has 0 saturated heterocycles. The number of alkyl halides is 1. The van der Waals surface area contributed by atoms with Gasteiger partial charge in [0, 0.05) is 17.5 Å². The number of ether oxygens (including phenoxy) is 2. The Balaban J connectivity index is 1.59. The van der Waals surface area contributed by atoms with Crippen molar-refractivity contribution in [3.8, 4) is 11.5 Å². The molecule has 0 aromatic heterocycles. The summed E-state index contributed by atoms with van der Waals surface area (Å²) in [4.78, 5) is 12.1. The highest BCUT2D eigenvalue weighted by Crippen LogP contribution is 2.31. The maximum atomic E-state index is 12.1. The second kappa shape index (κ2) is 5.92. The van der Waals surface area contributed by atoms with Crippen molar-refractivity contribution in [1.82, 2.24) is 5.32 Å². The lowest BCUT2D eigenvalue weighted by Crippen LogP contribution is -2.28. The molecule has 3 rings (SSSR count). The van der Waals surface area contributed by atoms with Gasteiger partial charge < -0.3 is 14.8 Å². The SMILES string of the molecule is O=C(NCC1CCC(Cl)C1)c1ccc2c(c1)OCCO2. The summed E-state index contributed by atoms with van der Waals surface area (Å²) in [6.07, 6.45) is 3.13. The molecule has 2 aliphatic rings. The van der Waals surface area contributed by atoms with Crippen LogP contribution >= 0.6 is 11.6 Å². The molecule has 1 aromatic rings. The molecule has 1 N–H and O–H groups in total. The highest BCUT2D eigenvalue weighted by Gasteiger charge is 2.23. The number of benzene rings is 1. The zero-order valence-corrected chi connectivity index (χ0v) is 12.0. The Morgan fingerprint density at radius 1 is 1.25 bits per heavy atom. The van der Waals surface area contributed by atoms with E-state index in [9.17, 15) is 4.79 Å². The molecular formula is C15H18ClNO3. The van der Waals surface area contributed by atoms with Crippen molar-refractivity contribution in [1.29, 1.82) is 0 Å². The fraction of sp³-hybridized carbons (Fsp3) is 0.533. The van der Waals surface area contributed by atoms with Crippen LogP contribution in [0.4, 0.5) is 0 Å². The fourth-order valence-electron chi connectivity index (χ4n) is 2.72. The van der Waals surface area contributed by atoms with Crippen LogP contribution in [0.5, 0.6) is 11.5 Å². The van der Waals surface area contributed by atoms with Gasteiger partial charge in [-0.25, -0.2) is 0 Å². The van der Waals surface area contributed by atoms with Crippen molar-refractivity contribution in [2.75, 3.05) is 19.8 Å². The molecule has 1 amide bonds. The zero-order chi connectivity index (χ0) is 13.9. The molecule has 2 unspecified atom stereocenters. The predicted octanol–water partition coefficient (Wildman–Crippen LogP) is 2.60. The van der Waals surface area contributed by atoms with Crippen LogP contribution < -0.4 is 14.8 Å². The standard InChI is InChI=1S/C15H18ClNO3/c16-12-3-1-10(7-12)9-17-15(18)11-2-4-13-14(8-11)20-6-5-19-13/h2,4,8,10,12H,1,3,5-7,9H2,(H,17,18). The minimum absolute atomic E-state index is 0.0694. The Morgan fingerprint density at radius 2 is 2.05 bits per heavy atom. The smallest absolute Gasteiger partial charge is 0.251 e. The third kappa shape index (κ3) is 3.01. The average Bonchev–Trinajstić information content (AvgIpc) is 2.90. The van der Waals surface area contributed by atoms with E-state index in [4.69, 9.17) is 21.1 Å². The van der Waals surface area contributed by atoms with E-state index in [2.05, 4.69) is 5.32 Å². The van der Waals surface area contributed by atoms with E-state index in [1.165, 1.54) is 0 Å². The third-order valence-corrected chi connectivity index (χ3v) is 4.23. The van der Waals surface area contributed by atoms with Gasteiger partial charge in [-0.1, -0.05) is 0 Å². The summed E-state index contributed by atoms with van der Waals surface area (Å²) < 4.78 is 10.9. The molecule has 20 heavy (non-hydrogen) atoms. The average molecular weight is 296 g/mol. The van der Waals surface area contributed by atoms with Crippen LogP contribution in [0.15, 0.2) is 18.2 Å². The molecule has 4 nitrogen and oxygen atoms in total. The van der Waals surface area contributed by atoms with E-state index in [1.807, 2.05) is 0 Å². The Labute approximate surface area is 123 Å². The fourth-order valence-corrected chi connectivity index (χ4v) is 3.10. The Kier molecular flexibility index (Phi) is 4.01. The van der Waals surface area contributed by atoms with Gasteiger partial charge in [-0.2, -0.15) is 0 Å². The first-order valence-corrected chi connectivity index (χ1v) is 7.48. The lowest BCUT2D eigenvalue weighted by molar-refractivity contribution is 0.0946. The van der Waals surface area contributed by atoms with Gasteiger partial charge in [-0.3, -0.25) is 4.79 Å². The maximum Gasteiger partial charge on any atom is 0.251 e. The van der Waals surface area contributed by atoms with E-state index in [0.717, 1.165) is 19.3 Å². The summed E-state index contributed by atoms with van der Waals surface area (Å²) in [5.41, 5.74) is 0.606. The number of fused-ring (bicyclic) bond motifs is 1. The van der Waals surface area contributed by atoms with Gasteiger partial charge in [0.15, 0.2) is 11.5 Å². The number of carbonyl (C=O) groups excluding carboxylic acids is 1. The number of nitrogens with one attached hydrogen (secondary N) is 1. The quantitative estimate of drug-likeness (QED) is 0.872. The van der Waals surface area contributed by atoms with Crippen LogP contribution in [-0.4, -0.2) is 31.0 Å². The van der Waals surface area contributed by atoms with Gasteiger partial charge >= 0.3 is 0 Å². The van der Waals surface area contributed by atoms with Gasteiger partial charge in [-0.05, 0) is 43.4 Å². The minimum atomic E-state index is -0.0694. The molecule has 0 spiro atoms. The summed E-state index contributed by atoms with van der Waals surface area (Å²) in [5, 5.41) is 3.24.